The van der Waals surface area contributed by atoms with E-state index in [9.17, 15) is 4.79 Å². The van der Waals surface area contributed by atoms with E-state index in [1.54, 1.807) is 7.11 Å². The molecule has 1 aromatic carbocycles. The van der Waals surface area contributed by atoms with Crippen LogP contribution in [0.25, 0.3) is 11.4 Å². The number of hydrogen-bond acceptors (Lipinski definition) is 6. The van der Waals surface area contributed by atoms with Crippen LogP contribution in [0, 0.1) is 0 Å². The highest BCUT2D eigenvalue weighted by Crippen LogP contribution is 2.25. The molecule has 1 aromatic heterocycles. The van der Waals surface area contributed by atoms with Gasteiger partial charge >= 0.3 is 0 Å². The molecule has 1 heterocycles. The lowest BCUT2D eigenvalue weighted by molar-refractivity contribution is -0.120. The van der Waals surface area contributed by atoms with E-state index in [0.29, 0.717) is 17.5 Å². The van der Waals surface area contributed by atoms with Gasteiger partial charge in [-0.25, -0.2) is 4.68 Å². The van der Waals surface area contributed by atoms with Crippen molar-refractivity contribution in [1.82, 2.24) is 20.2 Å². The number of nitrogen functional groups attached to an aromatic ring is 1. The van der Waals surface area contributed by atoms with Crippen LogP contribution < -0.4 is 15.9 Å². The van der Waals surface area contributed by atoms with Gasteiger partial charge in [-0.2, -0.15) is 0 Å². The van der Waals surface area contributed by atoms with Crippen molar-refractivity contribution in [1.29, 1.82) is 0 Å². The van der Waals surface area contributed by atoms with Gasteiger partial charge in [0.15, 0.2) is 5.82 Å². The molecule has 1 atom stereocenters. The Morgan fingerprint density at radius 1 is 1.39 bits per heavy atom. The first-order valence-electron chi connectivity index (χ1n) is 7.36. The third-order valence-corrected chi connectivity index (χ3v) is 4.27. The quantitative estimate of drug-likeness (QED) is 0.590. The summed E-state index contributed by atoms with van der Waals surface area (Å²) in [6.07, 6.45) is 0.901. The van der Waals surface area contributed by atoms with Gasteiger partial charge in [-0.05, 0) is 37.6 Å². The summed E-state index contributed by atoms with van der Waals surface area (Å²) in [5.41, 5.74) is 0.829. The van der Waals surface area contributed by atoms with Gasteiger partial charge in [0.05, 0.1) is 12.4 Å². The molecule has 3 N–H and O–H groups in total. The maximum atomic E-state index is 11.9. The number of methoxy groups -OCH3 is 1. The van der Waals surface area contributed by atoms with Gasteiger partial charge in [0.1, 0.15) is 5.75 Å². The molecular formula is C15H21N5O2S. The Balaban J connectivity index is 2.10. The summed E-state index contributed by atoms with van der Waals surface area (Å²) in [5.74, 6) is 7.32. The van der Waals surface area contributed by atoms with E-state index in [0.717, 1.165) is 17.7 Å². The van der Waals surface area contributed by atoms with Crippen molar-refractivity contribution in [3.05, 3.63) is 24.3 Å². The predicted octanol–water partition coefficient (Wildman–Crippen LogP) is 1.67. The van der Waals surface area contributed by atoms with Gasteiger partial charge in [0, 0.05) is 12.1 Å². The number of ether oxygens (including phenoxy) is 1. The zero-order valence-corrected chi connectivity index (χ0v) is 14.3. The first kappa shape index (κ1) is 17.1. The lowest BCUT2D eigenvalue weighted by Gasteiger charge is -2.10. The molecule has 7 nitrogen and oxygen atoms in total. The third-order valence-electron chi connectivity index (χ3n) is 3.21. The molecule has 0 spiro atoms. The summed E-state index contributed by atoms with van der Waals surface area (Å²) in [7, 11) is 1.61. The minimum absolute atomic E-state index is 0.0363. The molecule has 23 heavy (non-hydrogen) atoms. The largest absolute Gasteiger partial charge is 0.497 e. The number of nitrogens with two attached hydrogens (primary N) is 1. The molecule has 124 valence electrons. The molecule has 1 unspecified atom stereocenters. The lowest BCUT2D eigenvalue weighted by atomic mass is 10.2. The maximum Gasteiger partial charge on any atom is 0.233 e. The average Bonchev–Trinajstić information content (AvgIpc) is 2.93. The second-order valence-corrected chi connectivity index (χ2v) is 6.26. The van der Waals surface area contributed by atoms with Gasteiger partial charge in [0.25, 0.3) is 0 Å². The second-order valence-electron chi connectivity index (χ2n) is 4.96. The third kappa shape index (κ3) is 4.16. The van der Waals surface area contributed by atoms with E-state index in [2.05, 4.69) is 15.5 Å². The fraction of sp³-hybridized carbons (Fsp3) is 0.400. The smallest absolute Gasteiger partial charge is 0.233 e. The van der Waals surface area contributed by atoms with Crippen molar-refractivity contribution in [3.8, 4) is 17.1 Å². The predicted molar refractivity (Wildman–Crippen MR) is 90.8 cm³/mol. The topological polar surface area (TPSA) is 95.1 Å². The Morgan fingerprint density at radius 3 is 2.70 bits per heavy atom. The minimum Gasteiger partial charge on any atom is -0.497 e. The van der Waals surface area contributed by atoms with Crippen molar-refractivity contribution in [3.63, 3.8) is 0 Å². The Hall–Kier alpha value is -2.22. The molecule has 2 aromatic rings. The van der Waals surface area contributed by atoms with Crippen LogP contribution in [-0.2, 0) is 4.79 Å². The van der Waals surface area contributed by atoms with Crippen molar-refractivity contribution in [2.75, 3.05) is 19.5 Å². The number of benzene rings is 1. The Bertz CT molecular complexity index is 656. The lowest BCUT2D eigenvalue weighted by Crippen LogP contribution is -2.31. The molecule has 0 aliphatic carbocycles. The molecule has 0 saturated carbocycles. The molecule has 0 radical (unpaired) electrons. The molecule has 0 saturated heterocycles. The van der Waals surface area contributed by atoms with Crippen LogP contribution in [-0.4, -0.2) is 39.7 Å². The van der Waals surface area contributed by atoms with Gasteiger partial charge in [-0.1, -0.05) is 18.7 Å². The summed E-state index contributed by atoms with van der Waals surface area (Å²) < 4.78 is 6.53. The summed E-state index contributed by atoms with van der Waals surface area (Å²) >= 11 is 1.28. The number of aromatic nitrogens is 3. The van der Waals surface area contributed by atoms with Gasteiger partial charge < -0.3 is 15.9 Å². The van der Waals surface area contributed by atoms with Crippen LogP contribution in [0.2, 0.25) is 0 Å². The molecule has 0 aliphatic heterocycles. The number of thioether (sulfide) groups is 1. The average molecular weight is 335 g/mol. The highest BCUT2D eigenvalue weighted by molar-refractivity contribution is 8.00. The number of amides is 1. The maximum absolute atomic E-state index is 11.9. The van der Waals surface area contributed by atoms with Crippen molar-refractivity contribution >= 4 is 17.7 Å². The molecule has 1 amide bonds. The number of hydrogen-bond donors (Lipinski definition) is 2. The number of nitrogens with zero attached hydrogens (tertiary/aromatic N) is 3. The van der Waals surface area contributed by atoms with Gasteiger partial charge in [-0.3, -0.25) is 4.79 Å². The van der Waals surface area contributed by atoms with Crippen molar-refractivity contribution in [2.45, 2.75) is 30.7 Å². The van der Waals surface area contributed by atoms with Crippen molar-refractivity contribution in [2.24, 2.45) is 0 Å². The van der Waals surface area contributed by atoms with Crippen LogP contribution in [0.4, 0.5) is 0 Å². The normalized spacial score (nSPS) is 12.0. The Kier molecular flexibility index (Phi) is 5.86. The zero-order valence-electron chi connectivity index (χ0n) is 13.4. The minimum atomic E-state index is -0.295. The van der Waals surface area contributed by atoms with E-state index in [1.165, 1.54) is 16.4 Å². The number of rotatable bonds is 7. The van der Waals surface area contributed by atoms with Gasteiger partial charge in [0.2, 0.25) is 11.1 Å². The monoisotopic (exact) mass is 335 g/mol. The van der Waals surface area contributed by atoms with Crippen LogP contribution in [0.1, 0.15) is 20.3 Å². The fourth-order valence-electron chi connectivity index (χ4n) is 1.90. The number of nitrogens with one attached hydrogen (secondary N) is 1. The Labute approximate surface area is 139 Å². The van der Waals surface area contributed by atoms with Crippen LogP contribution in [0.5, 0.6) is 5.75 Å². The standard InChI is InChI=1S/C15H21N5O2S/c1-4-9-17-14(21)10(2)23-15-19-18-13(20(15)16)11-5-7-12(22-3)8-6-11/h5-8,10H,4,9,16H2,1-3H3,(H,17,21). The fourth-order valence-corrected chi connectivity index (χ4v) is 2.69. The van der Waals surface area contributed by atoms with E-state index in [4.69, 9.17) is 10.6 Å². The molecular weight excluding hydrogens is 314 g/mol. The van der Waals surface area contributed by atoms with Gasteiger partial charge in [-0.15, -0.1) is 10.2 Å². The van der Waals surface area contributed by atoms with E-state index >= 15 is 0 Å². The first-order chi connectivity index (χ1) is 11.1. The van der Waals surface area contributed by atoms with E-state index in [1.807, 2.05) is 38.1 Å². The highest BCUT2D eigenvalue weighted by atomic mass is 32.2. The summed E-state index contributed by atoms with van der Waals surface area (Å²) in [4.78, 5) is 11.9. The zero-order chi connectivity index (χ0) is 16.8. The summed E-state index contributed by atoms with van der Waals surface area (Å²) in [6.45, 7) is 4.49. The second kappa shape index (κ2) is 7.87. The number of carbonyl (C=O) groups excluding carboxylic acids is 1. The van der Waals surface area contributed by atoms with Crippen LogP contribution in [0.15, 0.2) is 29.4 Å². The molecule has 0 bridgehead atoms. The van der Waals surface area contributed by atoms with E-state index in [-0.39, 0.29) is 11.2 Å². The van der Waals surface area contributed by atoms with E-state index < -0.39 is 0 Å². The number of carbonyl (C=O) groups is 1. The Morgan fingerprint density at radius 2 is 2.09 bits per heavy atom. The molecule has 2 rings (SSSR count). The molecule has 8 heteroatoms. The molecule has 0 fully saturated rings. The summed E-state index contributed by atoms with van der Waals surface area (Å²) in [6, 6.07) is 7.38. The highest BCUT2D eigenvalue weighted by Gasteiger charge is 2.19. The first-order valence-corrected chi connectivity index (χ1v) is 8.24. The van der Waals surface area contributed by atoms with Crippen LogP contribution in [0.3, 0.4) is 0 Å². The SMILES string of the molecule is CCCNC(=O)C(C)Sc1nnc(-c2ccc(OC)cc2)n1N. The van der Waals surface area contributed by atoms with Crippen molar-refractivity contribution < 1.29 is 9.53 Å². The van der Waals surface area contributed by atoms with Crippen LogP contribution >= 0.6 is 11.8 Å². The molecule has 0 aliphatic rings. The summed E-state index contributed by atoms with van der Waals surface area (Å²) in [5, 5.41) is 11.2.